The molecule has 126 valence electrons. The molecule has 3 aromatic rings. The molecule has 0 unspecified atom stereocenters. The molecule has 6 heteroatoms. The van der Waals surface area contributed by atoms with Gasteiger partial charge in [-0.1, -0.05) is 48.0 Å². The van der Waals surface area contributed by atoms with E-state index in [0.717, 1.165) is 27.6 Å². The summed E-state index contributed by atoms with van der Waals surface area (Å²) < 4.78 is 0. The van der Waals surface area contributed by atoms with Crippen LogP contribution in [0.3, 0.4) is 0 Å². The highest BCUT2D eigenvalue weighted by atomic mass is 16.2. The van der Waals surface area contributed by atoms with Gasteiger partial charge in [0.05, 0.1) is 6.21 Å². The van der Waals surface area contributed by atoms with Crippen LogP contribution in [-0.4, -0.2) is 23.0 Å². The number of hydrogen-bond acceptors (Lipinski definition) is 3. The first-order chi connectivity index (χ1) is 12.1. The van der Waals surface area contributed by atoms with Gasteiger partial charge in [0, 0.05) is 29.2 Å². The number of aromatic amines is 1. The van der Waals surface area contributed by atoms with E-state index < -0.39 is 11.8 Å². The second kappa shape index (κ2) is 7.44. The number of rotatable bonds is 4. The molecule has 0 saturated heterocycles. The first-order valence-electron chi connectivity index (χ1n) is 7.86. The van der Waals surface area contributed by atoms with Gasteiger partial charge in [0.2, 0.25) is 0 Å². The highest BCUT2D eigenvalue weighted by Crippen LogP contribution is 2.15. The number of carbonyl (C=O) groups is 2. The normalized spacial score (nSPS) is 10.9. The summed E-state index contributed by atoms with van der Waals surface area (Å²) >= 11 is 0. The summed E-state index contributed by atoms with van der Waals surface area (Å²) in [6, 6.07) is 15.5. The number of aromatic nitrogens is 1. The number of para-hydroxylation sites is 1. The molecule has 0 saturated carbocycles. The van der Waals surface area contributed by atoms with Gasteiger partial charge in [-0.25, -0.2) is 5.43 Å². The third-order valence-electron chi connectivity index (χ3n) is 3.77. The van der Waals surface area contributed by atoms with Gasteiger partial charge in [-0.3, -0.25) is 9.59 Å². The van der Waals surface area contributed by atoms with Gasteiger partial charge in [0.15, 0.2) is 0 Å². The quantitative estimate of drug-likeness (QED) is 0.388. The second-order valence-corrected chi connectivity index (χ2v) is 5.66. The van der Waals surface area contributed by atoms with Crippen LogP contribution in [-0.2, 0) is 16.1 Å². The smallest absolute Gasteiger partial charge is 0.329 e. The van der Waals surface area contributed by atoms with E-state index in [1.54, 1.807) is 6.20 Å². The van der Waals surface area contributed by atoms with E-state index in [0.29, 0.717) is 6.54 Å². The number of H-pyrrole nitrogens is 1. The summed E-state index contributed by atoms with van der Waals surface area (Å²) in [5.41, 5.74) is 6.11. The lowest BCUT2D eigenvalue weighted by Crippen LogP contribution is -2.37. The molecule has 0 aliphatic heterocycles. The summed E-state index contributed by atoms with van der Waals surface area (Å²) in [7, 11) is 0. The van der Waals surface area contributed by atoms with Crippen LogP contribution in [0.15, 0.2) is 59.8 Å². The van der Waals surface area contributed by atoms with Gasteiger partial charge in [0.25, 0.3) is 0 Å². The average molecular weight is 334 g/mol. The van der Waals surface area contributed by atoms with Gasteiger partial charge in [-0.05, 0) is 18.6 Å². The van der Waals surface area contributed by atoms with Gasteiger partial charge in [-0.15, -0.1) is 0 Å². The molecular formula is C19H18N4O2. The minimum Gasteiger partial charge on any atom is -0.361 e. The molecule has 0 aliphatic carbocycles. The van der Waals surface area contributed by atoms with Gasteiger partial charge in [0.1, 0.15) is 0 Å². The van der Waals surface area contributed by atoms with Gasteiger partial charge >= 0.3 is 11.8 Å². The molecule has 2 aromatic carbocycles. The third kappa shape index (κ3) is 4.11. The first kappa shape index (κ1) is 16.4. The first-order valence-corrected chi connectivity index (χ1v) is 7.86. The Morgan fingerprint density at radius 3 is 2.64 bits per heavy atom. The molecule has 0 atom stereocenters. The van der Waals surface area contributed by atoms with Crippen molar-refractivity contribution in [1.29, 1.82) is 0 Å². The second-order valence-electron chi connectivity index (χ2n) is 5.66. The maximum absolute atomic E-state index is 11.8. The zero-order chi connectivity index (χ0) is 17.6. The lowest BCUT2D eigenvalue weighted by atomic mass is 10.1. The Morgan fingerprint density at radius 1 is 1.08 bits per heavy atom. The summed E-state index contributed by atoms with van der Waals surface area (Å²) in [6.45, 7) is 2.28. The van der Waals surface area contributed by atoms with Crippen molar-refractivity contribution < 1.29 is 9.59 Å². The Kier molecular flexibility index (Phi) is 4.89. The molecule has 0 fully saturated rings. The third-order valence-corrected chi connectivity index (χ3v) is 3.77. The van der Waals surface area contributed by atoms with Crippen molar-refractivity contribution in [2.24, 2.45) is 5.10 Å². The molecular weight excluding hydrogens is 316 g/mol. The number of benzene rings is 2. The van der Waals surface area contributed by atoms with Crippen LogP contribution in [0.2, 0.25) is 0 Å². The summed E-state index contributed by atoms with van der Waals surface area (Å²) in [5.74, 6) is -1.53. The number of fused-ring (bicyclic) bond motifs is 1. The summed E-state index contributed by atoms with van der Waals surface area (Å²) in [5, 5.41) is 7.40. The van der Waals surface area contributed by atoms with E-state index >= 15 is 0 Å². The molecule has 2 amide bonds. The number of hydrazone groups is 1. The van der Waals surface area contributed by atoms with Crippen LogP contribution in [0.25, 0.3) is 10.9 Å². The summed E-state index contributed by atoms with van der Waals surface area (Å²) in [4.78, 5) is 26.7. The molecule has 1 aromatic heterocycles. The van der Waals surface area contributed by atoms with Crippen LogP contribution in [0, 0.1) is 6.92 Å². The topological polar surface area (TPSA) is 86.3 Å². The van der Waals surface area contributed by atoms with Crippen LogP contribution in [0.4, 0.5) is 0 Å². The van der Waals surface area contributed by atoms with Crippen molar-refractivity contribution in [3.05, 3.63) is 71.4 Å². The maximum Gasteiger partial charge on any atom is 0.329 e. The van der Waals surface area contributed by atoms with E-state index in [4.69, 9.17) is 0 Å². The number of aryl methyl sites for hydroxylation is 1. The van der Waals surface area contributed by atoms with E-state index in [1.165, 1.54) is 6.21 Å². The molecule has 3 rings (SSSR count). The standard InChI is InChI=1S/C19H18N4O2/c1-13-6-8-14(9-7-13)10-21-18(24)19(25)23-22-12-15-11-20-17-5-3-2-4-16(15)17/h2-9,11-12,20H,10H2,1H3,(H,21,24)(H,23,25)/b22-12+. The van der Waals surface area contributed by atoms with Crippen LogP contribution < -0.4 is 10.7 Å². The van der Waals surface area contributed by atoms with E-state index in [9.17, 15) is 9.59 Å². The predicted octanol–water partition coefficient (Wildman–Crippen LogP) is 2.24. The van der Waals surface area contributed by atoms with Crippen molar-refractivity contribution >= 4 is 28.9 Å². The van der Waals surface area contributed by atoms with Gasteiger partial charge < -0.3 is 10.3 Å². The van der Waals surface area contributed by atoms with Crippen molar-refractivity contribution in [3.8, 4) is 0 Å². The van der Waals surface area contributed by atoms with E-state index in [-0.39, 0.29) is 0 Å². The van der Waals surface area contributed by atoms with Crippen LogP contribution >= 0.6 is 0 Å². The fourth-order valence-electron chi connectivity index (χ4n) is 2.38. The van der Waals surface area contributed by atoms with Crippen LogP contribution in [0.5, 0.6) is 0 Å². The molecule has 0 radical (unpaired) electrons. The Hall–Kier alpha value is -3.41. The Balaban J connectivity index is 1.53. The minimum absolute atomic E-state index is 0.290. The van der Waals surface area contributed by atoms with Crippen molar-refractivity contribution in [2.75, 3.05) is 0 Å². The highest BCUT2D eigenvalue weighted by Gasteiger charge is 2.11. The van der Waals surface area contributed by atoms with E-state index in [1.807, 2.05) is 55.5 Å². The number of carbonyl (C=O) groups excluding carboxylic acids is 2. The molecule has 0 bridgehead atoms. The minimum atomic E-state index is -0.803. The number of nitrogens with one attached hydrogen (secondary N) is 3. The molecule has 25 heavy (non-hydrogen) atoms. The zero-order valence-corrected chi connectivity index (χ0v) is 13.7. The van der Waals surface area contributed by atoms with Gasteiger partial charge in [-0.2, -0.15) is 5.10 Å². The Labute approximate surface area is 144 Å². The van der Waals surface area contributed by atoms with E-state index in [2.05, 4.69) is 20.8 Å². The number of hydrogen-bond donors (Lipinski definition) is 3. The van der Waals surface area contributed by atoms with Crippen molar-refractivity contribution in [3.63, 3.8) is 0 Å². The predicted molar refractivity (Wildman–Crippen MR) is 97.1 cm³/mol. The highest BCUT2D eigenvalue weighted by molar-refractivity contribution is 6.35. The molecule has 3 N–H and O–H groups in total. The fraction of sp³-hybridized carbons (Fsp3) is 0.105. The lowest BCUT2D eigenvalue weighted by Gasteiger charge is -2.04. The van der Waals surface area contributed by atoms with Crippen LogP contribution in [0.1, 0.15) is 16.7 Å². The largest absolute Gasteiger partial charge is 0.361 e. The number of nitrogens with zero attached hydrogens (tertiary/aromatic N) is 1. The Morgan fingerprint density at radius 2 is 1.84 bits per heavy atom. The maximum atomic E-state index is 11.8. The molecule has 0 aliphatic rings. The van der Waals surface area contributed by atoms with Crippen molar-refractivity contribution in [1.82, 2.24) is 15.7 Å². The fourth-order valence-corrected chi connectivity index (χ4v) is 2.38. The number of amides is 2. The molecule has 6 nitrogen and oxygen atoms in total. The average Bonchev–Trinajstić information content (AvgIpc) is 3.04. The summed E-state index contributed by atoms with van der Waals surface area (Å²) in [6.07, 6.45) is 3.29. The molecule has 1 heterocycles. The molecule has 0 spiro atoms. The SMILES string of the molecule is Cc1ccc(CNC(=O)C(=O)N/N=C/c2c[nH]c3ccccc23)cc1. The Bertz CT molecular complexity index is 926. The lowest BCUT2D eigenvalue weighted by molar-refractivity contribution is -0.139. The van der Waals surface area contributed by atoms with Crippen molar-refractivity contribution in [2.45, 2.75) is 13.5 Å². The zero-order valence-electron chi connectivity index (χ0n) is 13.7. The monoisotopic (exact) mass is 334 g/mol.